The van der Waals surface area contributed by atoms with Crippen LogP contribution in [0.2, 0.25) is 0 Å². The average molecular weight is 470 g/mol. The highest BCUT2D eigenvalue weighted by molar-refractivity contribution is 8.01. The standard InChI is InChI=1S/C16H22IS4/c1-3-5-11-18-15-9-7-13(20-15)17-14-8-10-16(21-14)19-12-6-4-2/h7-10H,3-6,11-12H2,1-2H3/q+1. The molecule has 21 heavy (non-hydrogen) atoms. The molecule has 2 rings (SSSR count). The highest BCUT2D eigenvalue weighted by Crippen LogP contribution is 2.26. The van der Waals surface area contributed by atoms with Gasteiger partial charge in [-0.25, -0.2) is 0 Å². The molecule has 0 aromatic carbocycles. The van der Waals surface area contributed by atoms with Crippen LogP contribution in [0.25, 0.3) is 0 Å². The molecule has 0 aliphatic rings. The van der Waals surface area contributed by atoms with Crippen LogP contribution in [-0.4, -0.2) is 11.5 Å². The molecule has 0 bridgehead atoms. The van der Waals surface area contributed by atoms with Gasteiger partial charge in [0.25, 0.3) is 0 Å². The molecule has 2 aromatic heterocycles. The highest BCUT2D eigenvalue weighted by Gasteiger charge is 2.20. The molecule has 0 amide bonds. The van der Waals surface area contributed by atoms with Gasteiger partial charge in [-0.15, -0.1) is 23.5 Å². The highest BCUT2D eigenvalue weighted by atomic mass is 127. The predicted octanol–water partition coefficient (Wildman–Crippen LogP) is 3.72. The number of rotatable bonds is 10. The van der Waals surface area contributed by atoms with E-state index in [1.54, 1.807) is 5.77 Å². The fraction of sp³-hybridized carbons (Fsp3) is 0.500. The van der Waals surface area contributed by atoms with Crippen molar-refractivity contribution in [1.29, 1.82) is 0 Å². The molecule has 2 aromatic rings. The van der Waals surface area contributed by atoms with Crippen molar-refractivity contribution in [2.45, 2.75) is 47.9 Å². The van der Waals surface area contributed by atoms with E-state index in [9.17, 15) is 0 Å². The van der Waals surface area contributed by atoms with Crippen LogP contribution in [0.5, 0.6) is 0 Å². The summed E-state index contributed by atoms with van der Waals surface area (Å²) in [6.07, 6.45) is 5.25. The van der Waals surface area contributed by atoms with E-state index in [0.717, 1.165) is 0 Å². The first-order valence-corrected chi connectivity index (χ1v) is 13.2. The van der Waals surface area contributed by atoms with E-state index in [1.165, 1.54) is 45.6 Å². The number of hydrogen-bond donors (Lipinski definition) is 0. The van der Waals surface area contributed by atoms with E-state index >= 15 is 0 Å². The van der Waals surface area contributed by atoms with E-state index in [0.29, 0.717) is 0 Å². The molecule has 0 saturated heterocycles. The Balaban J connectivity index is 1.81. The summed E-state index contributed by atoms with van der Waals surface area (Å²) in [5, 5.41) is 0. The maximum atomic E-state index is 2.36. The summed E-state index contributed by atoms with van der Waals surface area (Å²) in [5.74, 6) is 2.54. The molecule has 0 radical (unpaired) electrons. The van der Waals surface area contributed by atoms with E-state index in [1.807, 2.05) is 46.2 Å². The zero-order valence-electron chi connectivity index (χ0n) is 12.6. The minimum Gasteiger partial charge on any atom is -0.115 e. The lowest BCUT2D eigenvalue weighted by molar-refractivity contribution is -0.585. The Morgan fingerprint density at radius 3 is 1.71 bits per heavy atom. The van der Waals surface area contributed by atoms with Gasteiger partial charge in [0.15, 0.2) is 0 Å². The van der Waals surface area contributed by atoms with Crippen LogP contribution >= 0.6 is 46.2 Å². The van der Waals surface area contributed by atoms with Gasteiger partial charge in [-0.05, 0) is 36.5 Å². The molecular formula is C16H22IS4+. The zero-order chi connectivity index (χ0) is 14.9. The first-order valence-electron chi connectivity index (χ1n) is 7.42. The quantitative estimate of drug-likeness (QED) is 0.296. The maximum Gasteiger partial charge on any atom is 0.381 e. The summed E-state index contributed by atoms with van der Waals surface area (Å²) >= 11 is 8.14. The van der Waals surface area contributed by atoms with Crippen molar-refractivity contribution in [1.82, 2.24) is 0 Å². The molecule has 116 valence electrons. The van der Waals surface area contributed by atoms with Crippen molar-refractivity contribution in [3.63, 3.8) is 0 Å². The first-order chi connectivity index (χ1) is 10.3. The Bertz CT molecular complexity index is 472. The molecule has 0 aliphatic carbocycles. The normalized spacial score (nSPS) is 11.1. The summed E-state index contributed by atoms with van der Waals surface area (Å²) in [7, 11) is 0. The summed E-state index contributed by atoms with van der Waals surface area (Å²) < 4.78 is 6.24. The van der Waals surface area contributed by atoms with Crippen LogP contribution < -0.4 is 21.2 Å². The van der Waals surface area contributed by atoms with Gasteiger partial charge >= 0.3 is 21.2 Å². The van der Waals surface area contributed by atoms with Gasteiger partial charge in [0.2, 0.25) is 5.77 Å². The van der Waals surface area contributed by atoms with Gasteiger partial charge in [-0.1, -0.05) is 49.4 Å². The molecule has 0 atom stereocenters. The smallest absolute Gasteiger partial charge is 0.115 e. The molecule has 0 spiro atoms. The Labute approximate surface area is 155 Å². The fourth-order valence-electron chi connectivity index (χ4n) is 1.58. The van der Waals surface area contributed by atoms with Gasteiger partial charge in [-0.3, -0.25) is 0 Å². The number of hydrogen-bond acceptors (Lipinski definition) is 4. The molecule has 0 nitrogen and oxygen atoms in total. The third-order valence-corrected chi connectivity index (χ3v) is 11.3. The third kappa shape index (κ3) is 6.85. The molecule has 0 fully saturated rings. The van der Waals surface area contributed by atoms with Crippen LogP contribution in [0.3, 0.4) is 0 Å². The molecule has 0 saturated carbocycles. The van der Waals surface area contributed by atoms with E-state index < -0.39 is 0 Å². The lowest BCUT2D eigenvalue weighted by atomic mass is 10.4. The van der Waals surface area contributed by atoms with Gasteiger partial charge in [0, 0.05) is 12.1 Å². The Morgan fingerprint density at radius 1 is 0.810 bits per heavy atom. The van der Waals surface area contributed by atoms with Crippen molar-refractivity contribution in [2.75, 3.05) is 11.5 Å². The number of thiophene rings is 2. The SMILES string of the molecule is CCCCSc1ccc([I+]c2ccc(SCCCC)s2)s1. The second-order valence-electron chi connectivity index (χ2n) is 4.62. The zero-order valence-corrected chi connectivity index (χ0v) is 18.0. The van der Waals surface area contributed by atoms with Crippen molar-refractivity contribution in [3.05, 3.63) is 30.0 Å². The van der Waals surface area contributed by atoms with Crippen LogP contribution in [0.1, 0.15) is 39.5 Å². The van der Waals surface area contributed by atoms with Crippen LogP contribution in [0.15, 0.2) is 32.7 Å². The molecular weight excluding hydrogens is 447 g/mol. The molecule has 5 heteroatoms. The lowest BCUT2D eigenvalue weighted by Gasteiger charge is -1.93. The summed E-state index contributed by atoms with van der Waals surface area (Å²) in [6, 6.07) is 9.36. The van der Waals surface area contributed by atoms with Gasteiger partial charge in [0.05, 0.1) is 8.42 Å². The second-order valence-corrected chi connectivity index (χ2v) is 13.9. The lowest BCUT2D eigenvalue weighted by Crippen LogP contribution is -3.61. The number of thioether (sulfide) groups is 2. The molecule has 0 aliphatic heterocycles. The van der Waals surface area contributed by atoms with Crippen molar-refractivity contribution in [3.8, 4) is 0 Å². The minimum absolute atomic E-state index is 0.0414. The van der Waals surface area contributed by atoms with E-state index in [4.69, 9.17) is 0 Å². The van der Waals surface area contributed by atoms with Crippen molar-refractivity contribution < 1.29 is 21.2 Å². The van der Waals surface area contributed by atoms with Crippen LogP contribution in [-0.2, 0) is 0 Å². The van der Waals surface area contributed by atoms with Crippen molar-refractivity contribution >= 4 is 46.2 Å². The van der Waals surface area contributed by atoms with Crippen molar-refractivity contribution in [2.24, 2.45) is 0 Å². The van der Waals surface area contributed by atoms with Gasteiger partial charge in [0.1, 0.15) is 0 Å². The number of halogens is 1. The van der Waals surface area contributed by atoms with Crippen LogP contribution in [0, 0.1) is 5.77 Å². The van der Waals surface area contributed by atoms with Crippen LogP contribution in [0.4, 0.5) is 0 Å². The Morgan fingerprint density at radius 2 is 1.29 bits per heavy atom. The third-order valence-electron chi connectivity index (χ3n) is 2.77. The fourth-order valence-corrected chi connectivity index (χ4v) is 11.4. The Kier molecular flexibility index (Phi) is 9.15. The first kappa shape index (κ1) is 18.2. The van der Waals surface area contributed by atoms with Gasteiger partial charge < -0.3 is 0 Å². The topological polar surface area (TPSA) is 0 Å². The summed E-state index contributed by atoms with van der Waals surface area (Å²) in [4.78, 5) is 0. The molecule has 0 unspecified atom stereocenters. The monoisotopic (exact) mass is 469 g/mol. The van der Waals surface area contributed by atoms with E-state index in [2.05, 4.69) is 38.1 Å². The largest absolute Gasteiger partial charge is 0.381 e. The maximum absolute atomic E-state index is 2.36. The summed E-state index contributed by atoms with van der Waals surface area (Å²) in [6.45, 7) is 4.53. The Hall–Kier alpha value is 0.830. The number of unbranched alkanes of at least 4 members (excludes halogenated alkanes) is 2. The molecule has 2 heterocycles. The van der Waals surface area contributed by atoms with Gasteiger partial charge in [-0.2, -0.15) is 0 Å². The predicted molar refractivity (Wildman–Crippen MR) is 97.3 cm³/mol. The molecule has 0 N–H and O–H groups in total. The summed E-state index contributed by atoms with van der Waals surface area (Å²) in [5.41, 5.74) is 0. The second kappa shape index (κ2) is 10.6. The van der Waals surface area contributed by atoms with E-state index in [-0.39, 0.29) is 21.2 Å². The minimum atomic E-state index is 0.0414. The average Bonchev–Trinajstić information content (AvgIpc) is 3.10.